The van der Waals surface area contributed by atoms with Gasteiger partial charge in [-0.15, -0.1) is 11.6 Å². The van der Waals surface area contributed by atoms with Crippen LogP contribution in [0.3, 0.4) is 0 Å². The van der Waals surface area contributed by atoms with E-state index in [-0.39, 0.29) is 5.38 Å². The molecule has 0 N–H and O–H groups in total. The van der Waals surface area contributed by atoms with Gasteiger partial charge in [-0.3, -0.25) is 0 Å². The highest BCUT2D eigenvalue weighted by Gasteiger charge is 2.37. The largest absolute Gasteiger partial charge is 0.117 e. The van der Waals surface area contributed by atoms with Crippen molar-refractivity contribution in [2.24, 2.45) is 11.3 Å². The van der Waals surface area contributed by atoms with E-state index in [1.807, 2.05) is 12.1 Å². The van der Waals surface area contributed by atoms with Crippen LogP contribution in [0.1, 0.15) is 50.5 Å². The Balaban J connectivity index is 2.06. The second kappa shape index (κ2) is 5.82. The number of rotatable bonds is 2. The second-order valence-corrected chi connectivity index (χ2v) is 7.80. The molecule has 0 nitrogen and oxygen atoms in total. The van der Waals surface area contributed by atoms with Crippen molar-refractivity contribution in [2.75, 3.05) is 0 Å². The van der Waals surface area contributed by atoms with Crippen molar-refractivity contribution in [2.45, 2.75) is 44.9 Å². The minimum absolute atomic E-state index is 0.0578. The highest BCUT2D eigenvalue weighted by Crippen LogP contribution is 2.50. The van der Waals surface area contributed by atoms with Gasteiger partial charge in [0.25, 0.3) is 0 Å². The number of hydrogen-bond acceptors (Lipinski definition) is 0. The summed E-state index contributed by atoms with van der Waals surface area (Å²) in [5, 5.41) is 3.17. The third-order valence-electron chi connectivity index (χ3n) is 5.14. The fourth-order valence-corrected chi connectivity index (χ4v) is 4.69. The first kappa shape index (κ1) is 15.2. The van der Waals surface area contributed by atoms with Crippen LogP contribution in [0.15, 0.2) is 36.4 Å². The minimum atomic E-state index is 0.0578. The molecule has 0 aliphatic heterocycles. The summed E-state index contributed by atoms with van der Waals surface area (Å²) in [7, 11) is 0. The lowest BCUT2D eigenvalue weighted by Crippen LogP contribution is -2.30. The van der Waals surface area contributed by atoms with E-state index in [9.17, 15) is 0 Å². The van der Waals surface area contributed by atoms with E-state index in [0.717, 1.165) is 10.4 Å². The summed E-state index contributed by atoms with van der Waals surface area (Å²) in [5.41, 5.74) is 1.54. The van der Waals surface area contributed by atoms with Gasteiger partial charge in [-0.2, -0.15) is 0 Å². The van der Waals surface area contributed by atoms with E-state index in [4.69, 9.17) is 23.2 Å². The van der Waals surface area contributed by atoms with E-state index < -0.39 is 0 Å². The number of alkyl halides is 1. The maximum absolute atomic E-state index is 6.96. The highest BCUT2D eigenvalue weighted by atomic mass is 35.5. The Labute approximate surface area is 137 Å². The Morgan fingerprint density at radius 1 is 1.05 bits per heavy atom. The number of fused-ring (bicyclic) bond motifs is 1. The predicted molar refractivity (Wildman–Crippen MR) is 93.3 cm³/mol. The van der Waals surface area contributed by atoms with Crippen LogP contribution >= 0.6 is 23.2 Å². The highest BCUT2D eigenvalue weighted by molar-refractivity contribution is 6.35. The number of hydrogen-bond donors (Lipinski definition) is 0. The maximum atomic E-state index is 6.96. The smallest absolute Gasteiger partial charge is 0.0624 e. The first-order valence-corrected chi connectivity index (χ1v) is 8.63. The van der Waals surface area contributed by atoms with E-state index >= 15 is 0 Å². The molecule has 1 saturated carbocycles. The Morgan fingerprint density at radius 2 is 1.76 bits per heavy atom. The normalized spacial score (nSPS) is 23.1. The molecular weight excluding hydrogens is 299 g/mol. The first-order valence-electron chi connectivity index (χ1n) is 7.82. The van der Waals surface area contributed by atoms with Crippen LogP contribution in [-0.2, 0) is 0 Å². The van der Waals surface area contributed by atoms with Crippen molar-refractivity contribution in [3.8, 4) is 0 Å². The van der Waals surface area contributed by atoms with Crippen LogP contribution in [0.2, 0.25) is 5.02 Å². The Morgan fingerprint density at radius 3 is 2.48 bits per heavy atom. The molecule has 21 heavy (non-hydrogen) atoms. The fraction of sp³-hybridized carbons (Fsp3) is 0.474. The molecule has 3 rings (SSSR count). The van der Waals surface area contributed by atoms with Crippen molar-refractivity contribution in [3.63, 3.8) is 0 Å². The predicted octanol–water partition coefficient (Wildman–Crippen LogP) is 6.99. The summed E-state index contributed by atoms with van der Waals surface area (Å²) in [6.45, 7) is 4.73. The lowest BCUT2D eigenvalue weighted by Gasteiger charge is -2.41. The SMILES string of the molecule is CC1(C)CCCCC1C(Cl)c1ccc(Cl)c2ccccc12. The number of halogens is 2. The van der Waals surface area contributed by atoms with E-state index in [1.165, 1.54) is 36.6 Å². The van der Waals surface area contributed by atoms with Crippen LogP contribution in [0.5, 0.6) is 0 Å². The van der Waals surface area contributed by atoms with E-state index in [2.05, 4.69) is 38.1 Å². The molecule has 0 radical (unpaired) electrons. The molecule has 1 aliphatic carbocycles. The molecule has 0 saturated heterocycles. The topological polar surface area (TPSA) is 0 Å². The molecule has 112 valence electrons. The van der Waals surface area contributed by atoms with Crippen LogP contribution in [-0.4, -0.2) is 0 Å². The van der Waals surface area contributed by atoms with Crippen LogP contribution in [0.25, 0.3) is 10.8 Å². The Bertz CT molecular complexity index is 645. The van der Waals surface area contributed by atoms with Gasteiger partial charge in [0.2, 0.25) is 0 Å². The molecule has 0 amide bonds. The lowest BCUT2D eigenvalue weighted by atomic mass is 9.66. The summed E-state index contributed by atoms with van der Waals surface area (Å²) in [5.74, 6) is 0.525. The van der Waals surface area contributed by atoms with Gasteiger partial charge in [0.1, 0.15) is 0 Å². The van der Waals surface area contributed by atoms with Gasteiger partial charge < -0.3 is 0 Å². The zero-order chi connectivity index (χ0) is 15.0. The molecular formula is C19H22Cl2. The van der Waals surface area contributed by atoms with Crippen molar-refractivity contribution in [1.82, 2.24) is 0 Å². The second-order valence-electron chi connectivity index (χ2n) is 6.92. The van der Waals surface area contributed by atoms with Gasteiger partial charge in [-0.1, -0.05) is 68.6 Å². The minimum Gasteiger partial charge on any atom is -0.117 e. The molecule has 2 heteroatoms. The summed E-state index contributed by atoms with van der Waals surface area (Å²) in [6.07, 6.45) is 5.11. The van der Waals surface area contributed by atoms with Crippen molar-refractivity contribution in [3.05, 3.63) is 47.0 Å². The monoisotopic (exact) mass is 320 g/mol. The molecule has 2 aromatic carbocycles. The number of benzene rings is 2. The summed E-state index contributed by atoms with van der Waals surface area (Å²) in [6, 6.07) is 12.4. The zero-order valence-electron chi connectivity index (χ0n) is 12.7. The third kappa shape index (κ3) is 2.81. The van der Waals surface area contributed by atoms with E-state index in [0.29, 0.717) is 11.3 Å². The standard InChI is InChI=1S/C19H22Cl2/c1-19(2)12-6-5-9-16(19)18(21)15-10-11-17(20)14-8-4-3-7-13(14)15/h3-4,7-8,10-11,16,18H,5-6,9,12H2,1-2H3. The molecule has 0 bridgehead atoms. The average Bonchev–Trinajstić information content (AvgIpc) is 2.47. The van der Waals surface area contributed by atoms with E-state index in [1.54, 1.807) is 0 Å². The molecule has 0 heterocycles. The van der Waals surface area contributed by atoms with Crippen LogP contribution in [0.4, 0.5) is 0 Å². The third-order valence-corrected chi connectivity index (χ3v) is 6.01. The van der Waals surface area contributed by atoms with Crippen LogP contribution in [0, 0.1) is 11.3 Å². The first-order chi connectivity index (χ1) is 10.0. The molecule has 0 aromatic heterocycles. The summed E-state index contributed by atoms with van der Waals surface area (Å²) >= 11 is 13.3. The summed E-state index contributed by atoms with van der Waals surface area (Å²) in [4.78, 5) is 0. The van der Waals surface area contributed by atoms with Crippen molar-refractivity contribution in [1.29, 1.82) is 0 Å². The molecule has 2 unspecified atom stereocenters. The Kier molecular flexibility index (Phi) is 4.21. The average molecular weight is 321 g/mol. The lowest BCUT2D eigenvalue weighted by molar-refractivity contribution is 0.133. The molecule has 1 aliphatic rings. The quantitative estimate of drug-likeness (QED) is 0.523. The Hall–Kier alpha value is -0.720. The summed E-state index contributed by atoms with van der Waals surface area (Å²) < 4.78 is 0. The van der Waals surface area contributed by atoms with Gasteiger partial charge in [-0.05, 0) is 41.2 Å². The maximum Gasteiger partial charge on any atom is 0.0624 e. The van der Waals surface area contributed by atoms with Crippen LogP contribution < -0.4 is 0 Å². The van der Waals surface area contributed by atoms with Gasteiger partial charge in [0.05, 0.1) is 5.38 Å². The molecule has 2 aromatic rings. The van der Waals surface area contributed by atoms with Gasteiger partial charge in [0, 0.05) is 10.4 Å². The fourth-order valence-electron chi connectivity index (χ4n) is 3.81. The van der Waals surface area contributed by atoms with Crippen molar-refractivity contribution >= 4 is 34.0 Å². The van der Waals surface area contributed by atoms with Crippen molar-refractivity contribution < 1.29 is 0 Å². The zero-order valence-corrected chi connectivity index (χ0v) is 14.2. The van der Waals surface area contributed by atoms with Gasteiger partial charge in [-0.25, -0.2) is 0 Å². The van der Waals surface area contributed by atoms with Gasteiger partial charge in [0.15, 0.2) is 0 Å². The molecule has 0 spiro atoms. The van der Waals surface area contributed by atoms with Gasteiger partial charge >= 0.3 is 0 Å². The molecule has 2 atom stereocenters. The molecule has 1 fully saturated rings.